The van der Waals surface area contributed by atoms with Gasteiger partial charge in [0.1, 0.15) is 5.25 Å². The topological polar surface area (TPSA) is 91.1 Å². The molecule has 0 spiro atoms. The Labute approximate surface area is 145 Å². The van der Waals surface area contributed by atoms with Gasteiger partial charge in [-0.3, -0.25) is 9.59 Å². The van der Waals surface area contributed by atoms with Crippen molar-refractivity contribution in [3.63, 3.8) is 0 Å². The molecular weight excluding hydrogens is 326 g/mol. The first-order chi connectivity index (χ1) is 11.4. The minimum absolute atomic E-state index is 0.187. The van der Waals surface area contributed by atoms with Gasteiger partial charge in [-0.15, -0.1) is 5.10 Å². The van der Waals surface area contributed by atoms with Crippen molar-refractivity contribution >= 4 is 34.5 Å². The largest absolute Gasteiger partial charge is 0.481 e. The first-order valence-electron chi connectivity index (χ1n) is 8.75. The maximum Gasteiger partial charge on any atom is 0.305 e. The van der Waals surface area contributed by atoms with E-state index in [1.165, 1.54) is 50.3 Å². The number of carbonyl (C=O) groups excluding carboxylic acids is 1. The van der Waals surface area contributed by atoms with Crippen LogP contribution in [0.25, 0.3) is 0 Å². The summed E-state index contributed by atoms with van der Waals surface area (Å²) < 4.78 is 0. The van der Waals surface area contributed by atoms with Gasteiger partial charge in [0, 0.05) is 11.1 Å². The van der Waals surface area contributed by atoms with Crippen molar-refractivity contribution in [2.75, 3.05) is 0 Å². The number of amidine groups is 1. The van der Waals surface area contributed by atoms with Gasteiger partial charge in [-0.2, -0.15) is 5.10 Å². The van der Waals surface area contributed by atoms with E-state index in [1.807, 2.05) is 0 Å². The zero-order valence-corrected chi connectivity index (χ0v) is 14.6. The number of amides is 1. The molecule has 4 aliphatic carbocycles. The van der Waals surface area contributed by atoms with Gasteiger partial charge in [-0.1, -0.05) is 11.8 Å². The molecule has 6 nitrogen and oxygen atoms in total. The average Bonchev–Trinajstić information content (AvgIpc) is 2.83. The van der Waals surface area contributed by atoms with E-state index < -0.39 is 11.2 Å². The van der Waals surface area contributed by atoms with Crippen LogP contribution >= 0.6 is 11.8 Å². The number of aliphatic carboxylic acids is 1. The second-order valence-corrected chi connectivity index (χ2v) is 9.17. The van der Waals surface area contributed by atoms with Crippen molar-refractivity contribution in [3.05, 3.63) is 0 Å². The molecule has 5 aliphatic rings. The highest BCUT2D eigenvalue weighted by atomic mass is 32.2. The zero-order valence-electron chi connectivity index (χ0n) is 13.8. The number of thioether (sulfide) groups is 1. The van der Waals surface area contributed by atoms with Crippen LogP contribution in [0.3, 0.4) is 0 Å². The SMILES string of the molecule is CC(=NN=C1NC(=O)C(CC(=O)O)S1)C12CC3CC(CC(C3)C1)C2. The molecule has 1 amide bonds. The number of hydrogen-bond donors (Lipinski definition) is 2. The zero-order chi connectivity index (χ0) is 16.9. The second-order valence-electron chi connectivity index (χ2n) is 7.98. The molecule has 1 unspecified atom stereocenters. The maximum atomic E-state index is 11.8. The van der Waals surface area contributed by atoms with Gasteiger partial charge >= 0.3 is 5.97 Å². The summed E-state index contributed by atoms with van der Waals surface area (Å²) in [7, 11) is 0. The Kier molecular flexibility index (Phi) is 3.94. The van der Waals surface area contributed by atoms with Crippen LogP contribution in [0.15, 0.2) is 10.2 Å². The van der Waals surface area contributed by atoms with Gasteiger partial charge in [0.15, 0.2) is 5.17 Å². The molecule has 1 heterocycles. The fourth-order valence-corrected chi connectivity index (χ4v) is 6.43. The highest BCUT2D eigenvalue weighted by Crippen LogP contribution is 2.60. The lowest BCUT2D eigenvalue weighted by Gasteiger charge is -2.56. The van der Waals surface area contributed by atoms with Gasteiger partial charge in [-0.05, 0) is 63.2 Å². The van der Waals surface area contributed by atoms with E-state index >= 15 is 0 Å². The van der Waals surface area contributed by atoms with Gasteiger partial charge in [0.25, 0.3) is 0 Å². The van der Waals surface area contributed by atoms with E-state index in [0.717, 1.165) is 23.5 Å². The van der Waals surface area contributed by atoms with Crippen LogP contribution in [-0.4, -0.2) is 33.1 Å². The molecule has 5 rings (SSSR count). The Hall–Kier alpha value is -1.37. The highest BCUT2D eigenvalue weighted by Gasteiger charge is 2.52. The van der Waals surface area contributed by atoms with Crippen molar-refractivity contribution in [2.45, 2.75) is 57.1 Å². The molecule has 24 heavy (non-hydrogen) atoms. The third-order valence-corrected chi connectivity index (χ3v) is 7.31. The Morgan fingerprint density at radius 2 is 1.83 bits per heavy atom. The van der Waals surface area contributed by atoms with Crippen LogP contribution in [0.5, 0.6) is 0 Å². The van der Waals surface area contributed by atoms with Gasteiger partial charge in [0.2, 0.25) is 5.91 Å². The van der Waals surface area contributed by atoms with Crippen molar-refractivity contribution in [3.8, 4) is 0 Å². The molecule has 7 heteroatoms. The number of carbonyl (C=O) groups is 2. The summed E-state index contributed by atoms with van der Waals surface area (Å²) >= 11 is 1.17. The third-order valence-electron chi connectivity index (χ3n) is 6.23. The molecule has 0 aromatic carbocycles. The number of carboxylic acids is 1. The summed E-state index contributed by atoms with van der Waals surface area (Å²) in [6, 6.07) is 0. The van der Waals surface area contributed by atoms with Crippen LogP contribution in [-0.2, 0) is 9.59 Å². The molecule has 0 aromatic rings. The molecule has 1 aliphatic heterocycles. The predicted octanol–water partition coefficient (Wildman–Crippen LogP) is 2.64. The fourth-order valence-electron chi connectivity index (χ4n) is 5.53. The minimum atomic E-state index is -0.975. The highest BCUT2D eigenvalue weighted by molar-refractivity contribution is 8.15. The summed E-state index contributed by atoms with van der Waals surface area (Å²) in [4.78, 5) is 22.5. The summed E-state index contributed by atoms with van der Waals surface area (Å²) in [5.41, 5.74) is 1.30. The number of nitrogens with zero attached hydrogens (tertiary/aromatic N) is 2. The number of carboxylic acid groups (broad SMARTS) is 1. The van der Waals surface area contributed by atoms with Crippen molar-refractivity contribution in [2.24, 2.45) is 33.4 Å². The molecule has 130 valence electrons. The molecule has 0 aromatic heterocycles. The Balaban J connectivity index is 1.48. The molecule has 2 N–H and O–H groups in total. The van der Waals surface area contributed by atoms with Crippen molar-refractivity contribution in [1.82, 2.24) is 5.32 Å². The van der Waals surface area contributed by atoms with Crippen LogP contribution < -0.4 is 5.32 Å². The maximum absolute atomic E-state index is 11.8. The Bertz CT molecular complexity index is 608. The first kappa shape index (κ1) is 16.1. The molecular formula is C17H23N3O3S. The number of nitrogens with one attached hydrogen (secondary N) is 1. The number of rotatable bonds is 4. The van der Waals surface area contributed by atoms with E-state index in [2.05, 4.69) is 22.4 Å². The normalized spacial score (nSPS) is 42.6. The Morgan fingerprint density at radius 3 is 2.38 bits per heavy atom. The summed E-state index contributed by atoms with van der Waals surface area (Å²) in [5, 5.41) is 20.0. The monoisotopic (exact) mass is 349 g/mol. The quantitative estimate of drug-likeness (QED) is 0.603. The van der Waals surface area contributed by atoms with Gasteiger partial charge in [0.05, 0.1) is 6.42 Å². The summed E-state index contributed by atoms with van der Waals surface area (Å²) in [6.45, 7) is 2.08. The standard InChI is InChI=1S/C17H23N3O3S/c1-9(17-6-10-2-11(7-17)4-12(3-10)8-17)19-20-16-18-15(23)13(24-16)5-14(21)22/h10-13H,2-8H2,1H3,(H,21,22)(H,18,20,23). The van der Waals surface area contributed by atoms with Crippen LogP contribution in [0.1, 0.15) is 51.9 Å². The molecule has 4 saturated carbocycles. The van der Waals surface area contributed by atoms with E-state index in [9.17, 15) is 9.59 Å². The molecule has 1 atom stereocenters. The predicted molar refractivity (Wildman–Crippen MR) is 92.9 cm³/mol. The van der Waals surface area contributed by atoms with E-state index in [4.69, 9.17) is 5.11 Å². The van der Waals surface area contributed by atoms with E-state index in [-0.39, 0.29) is 17.7 Å². The molecule has 4 bridgehead atoms. The smallest absolute Gasteiger partial charge is 0.305 e. The minimum Gasteiger partial charge on any atom is -0.481 e. The van der Waals surface area contributed by atoms with Crippen LogP contribution in [0.4, 0.5) is 0 Å². The number of hydrogen-bond acceptors (Lipinski definition) is 5. The van der Waals surface area contributed by atoms with Gasteiger partial charge in [-0.25, -0.2) is 0 Å². The lowest BCUT2D eigenvalue weighted by atomic mass is 9.48. The second kappa shape index (κ2) is 5.86. The Morgan fingerprint density at radius 1 is 1.25 bits per heavy atom. The van der Waals surface area contributed by atoms with E-state index in [1.54, 1.807) is 0 Å². The van der Waals surface area contributed by atoms with Crippen LogP contribution in [0.2, 0.25) is 0 Å². The molecule has 5 fully saturated rings. The average molecular weight is 349 g/mol. The van der Waals surface area contributed by atoms with Gasteiger partial charge < -0.3 is 10.4 Å². The summed E-state index contributed by atoms with van der Waals surface area (Å²) in [5.74, 6) is 1.31. The first-order valence-corrected chi connectivity index (χ1v) is 9.63. The lowest BCUT2D eigenvalue weighted by Crippen LogP contribution is -2.49. The van der Waals surface area contributed by atoms with Crippen molar-refractivity contribution < 1.29 is 14.7 Å². The van der Waals surface area contributed by atoms with Crippen molar-refractivity contribution in [1.29, 1.82) is 0 Å². The lowest BCUT2D eigenvalue weighted by molar-refractivity contribution is -0.138. The molecule has 0 radical (unpaired) electrons. The molecule has 1 saturated heterocycles. The third kappa shape index (κ3) is 2.87. The fraction of sp³-hybridized carbons (Fsp3) is 0.765. The van der Waals surface area contributed by atoms with E-state index in [0.29, 0.717) is 5.17 Å². The van der Waals surface area contributed by atoms with Crippen LogP contribution in [0, 0.1) is 23.2 Å². The summed E-state index contributed by atoms with van der Waals surface area (Å²) in [6.07, 6.45) is 7.70.